The van der Waals surface area contributed by atoms with Crippen LogP contribution in [0.5, 0.6) is 5.75 Å². The van der Waals surface area contributed by atoms with Crippen molar-refractivity contribution in [3.8, 4) is 5.75 Å². The summed E-state index contributed by atoms with van der Waals surface area (Å²) >= 11 is 0. The summed E-state index contributed by atoms with van der Waals surface area (Å²) in [5.41, 5.74) is 3.07. The first kappa shape index (κ1) is 15.1. The van der Waals surface area contributed by atoms with Gasteiger partial charge in [-0.25, -0.2) is 0 Å². The molecule has 0 aromatic heterocycles. The van der Waals surface area contributed by atoms with Crippen LogP contribution in [0.2, 0.25) is 0 Å². The third kappa shape index (κ3) is 4.09. The third-order valence-corrected chi connectivity index (χ3v) is 3.32. The molecule has 0 spiro atoms. The van der Waals surface area contributed by atoms with E-state index in [1.54, 1.807) is 0 Å². The largest absolute Gasteiger partial charge is 0.481 e. The standard InChI is InChI=1S/C18H21NO2/c1-4-17(21-15-8-6-5-7-9-15)18(20)19-16-11-10-13(2)12-14(16)3/h5-12,17H,4H2,1-3H3,(H,19,20)/t17-/m1/s1. The number of hydrogen-bond donors (Lipinski definition) is 1. The summed E-state index contributed by atoms with van der Waals surface area (Å²) in [5, 5.41) is 2.94. The molecule has 1 atom stereocenters. The van der Waals surface area contributed by atoms with Crippen molar-refractivity contribution in [2.45, 2.75) is 33.3 Å². The number of nitrogens with one attached hydrogen (secondary N) is 1. The van der Waals surface area contributed by atoms with Crippen LogP contribution in [0, 0.1) is 13.8 Å². The van der Waals surface area contributed by atoms with E-state index < -0.39 is 6.10 Å². The predicted molar refractivity (Wildman–Crippen MR) is 85.7 cm³/mol. The summed E-state index contributed by atoms with van der Waals surface area (Å²) in [6.45, 7) is 5.96. The lowest BCUT2D eigenvalue weighted by Gasteiger charge is -2.18. The predicted octanol–water partition coefficient (Wildman–Crippen LogP) is 4.10. The Morgan fingerprint density at radius 3 is 2.48 bits per heavy atom. The Morgan fingerprint density at radius 1 is 1.14 bits per heavy atom. The quantitative estimate of drug-likeness (QED) is 0.897. The number of ether oxygens (including phenoxy) is 1. The molecule has 2 rings (SSSR count). The molecule has 2 aromatic rings. The Morgan fingerprint density at radius 2 is 1.86 bits per heavy atom. The average molecular weight is 283 g/mol. The topological polar surface area (TPSA) is 38.3 Å². The molecule has 0 aliphatic rings. The van der Waals surface area contributed by atoms with Gasteiger partial charge in [0.05, 0.1) is 0 Å². The van der Waals surface area contributed by atoms with Gasteiger partial charge in [-0.15, -0.1) is 0 Å². The minimum Gasteiger partial charge on any atom is -0.481 e. The van der Waals surface area contributed by atoms with E-state index in [-0.39, 0.29) is 5.91 Å². The van der Waals surface area contributed by atoms with Crippen LogP contribution in [0.25, 0.3) is 0 Å². The van der Waals surface area contributed by atoms with Crippen LogP contribution in [0.1, 0.15) is 24.5 Å². The zero-order chi connectivity index (χ0) is 15.2. The van der Waals surface area contributed by atoms with E-state index in [2.05, 4.69) is 11.4 Å². The Bertz CT molecular complexity index is 608. The van der Waals surface area contributed by atoms with Crippen LogP contribution in [0.3, 0.4) is 0 Å². The normalized spacial score (nSPS) is 11.8. The maximum absolute atomic E-state index is 12.3. The third-order valence-electron chi connectivity index (χ3n) is 3.32. The second kappa shape index (κ2) is 6.93. The second-order valence-electron chi connectivity index (χ2n) is 5.14. The van der Waals surface area contributed by atoms with E-state index in [1.165, 1.54) is 5.56 Å². The molecule has 110 valence electrons. The van der Waals surface area contributed by atoms with Gasteiger partial charge in [0.15, 0.2) is 6.10 Å². The van der Waals surface area contributed by atoms with Crippen molar-refractivity contribution in [3.63, 3.8) is 0 Å². The average Bonchev–Trinajstić information content (AvgIpc) is 2.48. The van der Waals surface area contributed by atoms with Crippen molar-refractivity contribution < 1.29 is 9.53 Å². The lowest BCUT2D eigenvalue weighted by atomic mass is 10.1. The van der Waals surface area contributed by atoms with Gasteiger partial charge in [-0.1, -0.05) is 42.8 Å². The zero-order valence-electron chi connectivity index (χ0n) is 12.7. The summed E-state index contributed by atoms with van der Waals surface area (Å²) < 4.78 is 5.75. The Hall–Kier alpha value is -2.29. The fraction of sp³-hybridized carbons (Fsp3) is 0.278. The molecule has 3 nitrogen and oxygen atoms in total. The molecule has 0 aliphatic heterocycles. The minimum absolute atomic E-state index is 0.117. The van der Waals surface area contributed by atoms with Crippen molar-refractivity contribution in [1.82, 2.24) is 0 Å². The summed E-state index contributed by atoms with van der Waals surface area (Å²) in [4.78, 5) is 12.3. The number of amides is 1. The van der Waals surface area contributed by atoms with Gasteiger partial charge in [0.1, 0.15) is 5.75 Å². The smallest absolute Gasteiger partial charge is 0.265 e. The van der Waals surface area contributed by atoms with Crippen molar-refractivity contribution >= 4 is 11.6 Å². The van der Waals surface area contributed by atoms with Crippen LogP contribution < -0.4 is 10.1 Å². The Kier molecular flexibility index (Phi) is 4.99. The number of para-hydroxylation sites is 1. The van der Waals surface area contributed by atoms with Crippen LogP contribution in [0.4, 0.5) is 5.69 Å². The molecule has 2 aromatic carbocycles. The maximum Gasteiger partial charge on any atom is 0.265 e. The summed E-state index contributed by atoms with van der Waals surface area (Å²) in [7, 11) is 0. The highest BCUT2D eigenvalue weighted by Gasteiger charge is 2.19. The van der Waals surface area contributed by atoms with Crippen LogP contribution in [-0.4, -0.2) is 12.0 Å². The van der Waals surface area contributed by atoms with Crippen molar-refractivity contribution in [2.75, 3.05) is 5.32 Å². The number of carbonyl (C=O) groups is 1. The summed E-state index contributed by atoms with van der Waals surface area (Å²) in [5.74, 6) is 0.591. The van der Waals surface area contributed by atoms with Gasteiger partial charge in [-0.3, -0.25) is 4.79 Å². The summed E-state index contributed by atoms with van der Waals surface area (Å²) in [6, 6.07) is 15.4. The minimum atomic E-state index is -0.492. The fourth-order valence-corrected chi connectivity index (χ4v) is 2.15. The van der Waals surface area contributed by atoms with Gasteiger partial charge in [0.25, 0.3) is 5.91 Å². The van der Waals surface area contributed by atoms with Crippen molar-refractivity contribution in [1.29, 1.82) is 0 Å². The molecule has 0 bridgehead atoms. The lowest BCUT2D eigenvalue weighted by molar-refractivity contribution is -0.122. The second-order valence-corrected chi connectivity index (χ2v) is 5.14. The van der Waals surface area contributed by atoms with E-state index in [0.717, 1.165) is 11.3 Å². The number of benzene rings is 2. The molecule has 0 saturated heterocycles. The number of carbonyl (C=O) groups excluding carboxylic acids is 1. The molecule has 0 radical (unpaired) electrons. The van der Waals surface area contributed by atoms with Gasteiger partial charge >= 0.3 is 0 Å². The number of hydrogen-bond acceptors (Lipinski definition) is 2. The first-order chi connectivity index (χ1) is 10.1. The molecule has 0 saturated carbocycles. The van der Waals surface area contributed by atoms with Crippen molar-refractivity contribution in [3.05, 3.63) is 59.7 Å². The first-order valence-corrected chi connectivity index (χ1v) is 7.20. The molecular weight excluding hydrogens is 262 g/mol. The molecular formula is C18H21NO2. The van der Waals surface area contributed by atoms with E-state index in [0.29, 0.717) is 12.2 Å². The van der Waals surface area contributed by atoms with Gasteiger partial charge in [0.2, 0.25) is 0 Å². The molecule has 0 aliphatic carbocycles. The molecule has 1 N–H and O–H groups in total. The molecule has 21 heavy (non-hydrogen) atoms. The van der Waals surface area contributed by atoms with Gasteiger partial charge in [-0.05, 0) is 44.0 Å². The molecule has 3 heteroatoms. The number of anilines is 1. The highest BCUT2D eigenvalue weighted by Crippen LogP contribution is 2.18. The fourth-order valence-electron chi connectivity index (χ4n) is 2.15. The van der Waals surface area contributed by atoms with Gasteiger partial charge in [0, 0.05) is 5.69 Å². The highest BCUT2D eigenvalue weighted by atomic mass is 16.5. The number of rotatable bonds is 5. The van der Waals surface area contributed by atoms with Crippen LogP contribution in [0.15, 0.2) is 48.5 Å². The molecule has 0 fully saturated rings. The zero-order valence-corrected chi connectivity index (χ0v) is 12.7. The Balaban J connectivity index is 2.06. The Labute approximate surface area is 126 Å². The first-order valence-electron chi connectivity index (χ1n) is 7.20. The SMILES string of the molecule is CC[C@@H](Oc1ccccc1)C(=O)Nc1ccc(C)cc1C. The van der Waals surface area contributed by atoms with Gasteiger partial charge < -0.3 is 10.1 Å². The van der Waals surface area contributed by atoms with Crippen LogP contribution >= 0.6 is 0 Å². The lowest BCUT2D eigenvalue weighted by Crippen LogP contribution is -2.32. The van der Waals surface area contributed by atoms with Crippen LogP contribution in [-0.2, 0) is 4.79 Å². The van der Waals surface area contributed by atoms with E-state index in [9.17, 15) is 4.79 Å². The van der Waals surface area contributed by atoms with E-state index in [4.69, 9.17) is 4.74 Å². The van der Waals surface area contributed by atoms with Crippen molar-refractivity contribution in [2.24, 2.45) is 0 Å². The molecule has 1 amide bonds. The summed E-state index contributed by atoms with van der Waals surface area (Å²) in [6.07, 6.45) is 0.124. The van der Waals surface area contributed by atoms with E-state index in [1.807, 2.05) is 63.2 Å². The molecule has 0 heterocycles. The maximum atomic E-state index is 12.3. The van der Waals surface area contributed by atoms with Gasteiger partial charge in [-0.2, -0.15) is 0 Å². The monoisotopic (exact) mass is 283 g/mol. The van der Waals surface area contributed by atoms with E-state index >= 15 is 0 Å². The molecule has 0 unspecified atom stereocenters. The highest BCUT2D eigenvalue weighted by molar-refractivity contribution is 5.95. The number of aryl methyl sites for hydroxylation is 2.